The van der Waals surface area contributed by atoms with Gasteiger partial charge < -0.3 is 10.6 Å². The first-order valence-corrected chi connectivity index (χ1v) is 7.55. The summed E-state index contributed by atoms with van der Waals surface area (Å²) in [6, 6.07) is 13.0. The van der Waals surface area contributed by atoms with E-state index in [1.807, 2.05) is 49.4 Å². The van der Waals surface area contributed by atoms with Gasteiger partial charge in [0.25, 0.3) is 5.91 Å². The van der Waals surface area contributed by atoms with E-state index in [0.717, 1.165) is 10.0 Å². The van der Waals surface area contributed by atoms with Crippen LogP contribution >= 0.6 is 28.1 Å². The van der Waals surface area contributed by atoms with Crippen molar-refractivity contribution in [1.29, 1.82) is 0 Å². The number of amides is 1. The summed E-state index contributed by atoms with van der Waals surface area (Å²) in [4.78, 5) is 14.6. The van der Waals surface area contributed by atoms with E-state index >= 15 is 0 Å². The summed E-state index contributed by atoms with van der Waals surface area (Å²) in [6.45, 7) is 1.91. The fourth-order valence-electron chi connectivity index (χ4n) is 2.09. The molecule has 2 aromatic rings. The van der Waals surface area contributed by atoms with Gasteiger partial charge in [0.2, 0.25) is 0 Å². The fraction of sp³-hybridized carbons (Fsp3) is 0.125. The monoisotopic (exact) mass is 362 g/mol. The van der Waals surface area contributed by atoms with Crippen molar-refractivity contribution in [3.63, 3.8) is 0 Å². The van der Waals surface area contributed by atoms with Gasteiger partial charge in [0.05, 0.1) is 5.69 Å². The first kappa shape index (κ1) is 15.7. The first-order chi connectivity index (χ1) is 9.91. The largest absolute Gasteiger partial charge is 0.389 e. The number of carbonyl (C=O) groups is 1. The first-order valence-electron chi connectivity index (χ1n) is 6.35. The van der Waals surface area contributed by atoms with Crippen LogP contribution in [0.5, 0.6) is 0 Å². The van der Waals surface area contributed by atoms with Crippen LogP contribution in [0, 0.1) is 6.92 Å². The third kappa shape index (κ3) is 3.31. The van der Waals surface area contributed by atoms with Crippen LogP contribution in [0.1, 0.15) is 21.5 Å². The van der Waals surface area contributed by atoms with E-state index in [-0.39, 0.29) is 10.9 Å². The molecule has 5 heteroatoms. The number of benzene rings is 2. The smallest absolute Gasteiger partial charge is 0.258 e. The minimum absolute atomic E-state index is 0.0995. The number of halogens is 1. The number of hydrogen-bond donors (Lipinski definition) is 1. The molecule has 108 valence electrons. The SMILES string of the molecule is Cc1ccc(Br)cc1C(=O)N(C)c1ccccc1C(N)=S. The number of aryl methyl sites for hydroxylation is 1. The highest BCUT2D eigenvalue weighted by Crippen LogP contribution is 2.23. The fourth-order valence-corrected chi connectivity index (χ4v) is 2.62. The minimum atomic E-state index is -0.0995. The van der Waals surface area contributed by atoms with Gasteiger partial charge in [0, 0.05) is 22.6 Å². The topological polar surface area (TPSA) is 46.3 Å². The summed E-state index contributed by atoms with van der Waals surface area (Å²) in [5.74, 6) is -0.0995. The van der Waals surface area contributed by atoms with E-state index in [1.54, 1.807) is 11.9 Å². The van der Waals surface area contributed by atoms with Crippen molar-refractivity contribution in [1.82, 2.24) is 0 Å². The summed E-state index contributed by atoms with van der Waals surface area (Å²) in [7, 11) is 1.72. The van der Waals surface area contributed by atoms with Gasteiger partial charge in [-0.1, -0.05) is 46.3 Å². The van der Waals surface area contributed by atoms with E-state index in [0.29, 0.717) is 16.8 Å². The second-order valence-corrected chi connectivity index (χ2v) is 6.06. The molecule has 0 saturated carbocycles. The van der Waals surface area contributed by atoms with Crippen LogP contribution in [-0.4, -0.2) is 17.9 Å². The zero-order valence-electron chi connectivity index (χ0n) is 11.8. The van der Waals surface area contributed by atoms with Gasteiger partial charge in [-0.05, 0) is 36.8 Å². The second-order valence-electron chi connectivity index (χ2n) is 4.70. The maximum absolute atomic E-state index is 12.7. The molecule has 0 saturated heterocycles. The summed E-state index contributed by atoms with van der Waals surface area (Å²) >= 11 is 8.45. The average Bonchev–Trinajstić information content (AvgIpc) is 2.48. The standard InChI is InChI=1S/C16H15BrN2OS/c1-10-7-8-11(17)9-13(10)16(20)19(2)14-6-4-3-5-12(14)15(18)21/h3-9H,1-2H3,(H2,18,21). The van der Waals surface area contributed by atoms with Crippen molar-refractivity contribution in [3.8, 4) is 0 Å². The molecule has 0 aliphatic heterocycles. The van der Waals surface area contributed by atoms with E-state index in [9.17, 15) is 4.79 Å². The van der Waals surface area contributed by atoms with Gasteiger partial charge in [-0.3, -0.25) is 4.79 Å². The lowest BCUT2D eigenvalue weighted by atomic mass is 10.1. The number of nitrogens with zero attached hydrogens (tertiary/aromatic N) is 1. The summed E-state index contributed by atoms with van der Waals surface area (Å²) in [5, 5.41) is 0. The number of thiocarbonyl (C=S) groups is 1. The normalized spacial score (nSPS) is 10.2. The van der Waals surface area contributed by atoms with E-state index in [4.69, 9.17) is 18.0 Å². The Hall–Kier alpha value is -1.72. The van der Waals surface area contributed by atoms with Crippen LogP contribution in [-0.2, 0) is 0 Å². The highest BCUT2D eigenvalue weighted by atomic mass is 79.9. The predicted molar refractivity (Wildman–Crippen MR) is 93.9 cm³/mol. The van der Waals surface area contributed by atoms with Gasteiger partial charge in [-0.15, -0.1) is 0 Å². The Labute approximate surface area is 137 Å². The van der Waals surface area contributed by atoms with Crippen LogP contribution in [0.25, 0.3) is 0 Å². The maximum atomic E-state index is 12.7. The number of rotatable bonds is 3. The Morgan fingerprint density at radius 1 is 1.19 bits per heavy atom. The molecule has 0 atom stereocenters. The van der Waals surface area contributed by atoms with Crippen molar-refractivity contribution in [2.45, 2.75) is 6.92 Å². The third-order valence-corrected chi connectivity index (χ3v) is 3.98. The van der Waals surface area contributed by atoms with Crippen molar-refractivity contribution >= 4 is 44.7 Å². The van der Waals surface area contributed by atoms with E-state index in [1.165, 1.54) is 0 Å². The molecule has 0 aliphatic rings. The zero-order chi connectivity index (χ0) is 15.6. The molecule has 3 nitrogen and oxygen atoms in total. The molecule has 0 fully saturated rings. The Morgan fingerprint density at radius 2 is 1.86 bits per heavy atom. The van der Waals surface area contributed by atoms with Crippen molar-refractivity contribution < 1.29 is 4.79 Å². The molecule has 21 heavy (non-hydrogen) atoms. The number of hydrogen-bond acceptors (Lipinski definition) is 2. The highest BCUT2D eigenvalue weighted by Gasteiger charge is 2.18. The van der Waals surface area contributed by atoms with Gasteiger partial charge in [-0.2, -0.15) is 0 Å². The van der Waals surface area contributed by atoms with Crippen LogP contribution in [0.2, 0.25) is 0 Å². The Kier molecular flexibility index (Phi) is 4.75. The van der Waals surface area contributed by atoms with Crippen LogP contribution in [0.15, 0.2) is 46.9 Å². The number of nitrogens with two attached hydrogens (primary N) is 1. The highest BCUT2D eigenvalue weighted by molar-refractivity contribution is 9.10. The molecule has 0 radical (unpaired) electrons. The maximum Gasteiger partial charge on any atom is 0.258 e. The molecule has 0 aliphatic carbocycles. The molecule has 0 spiro atoms. The number of para-hydroxylation sites is 1. The van der Waals surface area contributed by atoms with E-state index < -0.39 is 0 Å². The van der Waals surface area contributed by atoms with Gasteiger partial charge in [0.1, 0.15) is 4.99 Å². The van der Waals surface area contributed by atoms with Crippen molar-refractivity contribution in [3.05, 3.63) is 63.6 Å². The Morgan fingerprint density at radius 3 is 2.52 bits per heavy atom. The Balaban J connectivity index is 2.45. The number of anilines is 1. The average molecular weight is 363 g/mol. The second kappa shape index (κ2) is 6.37. The van der Waals surface area contributed by atoms with Crippen LogP contribution in [0.4, 0.5) is 5.69 Å². The van der Waals surface area contributed by atoms with Crippen molar-refractivity contribution in [2.75, 3.05) is 11.9 Å². The van der Waals surface area contributed by atoms with Gasteiger partial charge >= 0.3 is 0 Å². The van der Waals surface area contributed by atoms with E-state index in [2.05, 4.69) is 15.9 Å². The Bertz CT molecular complexity index is 715. The van der Waals surface area contributed by atoms with Gasteiger partial charge in [-0.25, -0.2) is 0 Å². The zero-order valence-corrected chi connectivity index (χ0v) is 14.2. The molecule has 2 aromatic carbocycles. The summed E-state index contributed by atoms with van der Waals surface area (Å²) < 4.78 is 0.868. The summed E-state index contributed by atoms with van der Waals surface area (Å²) in [5.41, 5.74) is 8.69. The lowest BCUT2D eigenvalue weighted by Gasteiger charge is -2.21. The molecule has 0 unspecified atom stereocenters. The number of carbonyl (C=O) groups excluding carboxylic acids is 1. The van der Waals surface area contributed by atoms with Crippen LogP contribution < -0.4 is 10.6 Å². The lowest BCUT2D eigenvalue weighted by Crippen LogP contribution is -2.29. The molecule has 0 aromatic heterocycles. The molecule has 0 bridgehead atoms. The van der Waals surface area contributed by atoms with Crippen molar-refractivity contribution in [2.24, 2.45) is 5.73 Å². The lowest BCUT2D eigenvalue weighted by molar-refractivity contribution is 0.0992. The summed E-state index contributed by atoms with van der Waals surface area (Å²) in [6.07, 6.45) is 0. The quantitative estimate of drug-likeness (QED) is 0.847. The predicted octanol–water partition coefficient (Wildman–Crippen LogP) is 3.67. The molecule has 2 rings (SSSR count). The molecule has 2 N–H and O–H groups in total. The van der Waals surface area contributed by atoms with Gasteiger partial charge in [0.15, 0.2) is 0 Å². The molecule has 1 amide bonds. The van der Waals surface area contributed by atoms with Crippen LogP contribution in [0.3, 0.4) is 0 Å². The molecular weight excluding hydrogens is 348 g/mol. The molecular formula is C16H15BrN2OS. The molecule has 0 heterocycles. The third-order valence-electron chi connectivity index (χ3n) is 3.27. The minimum Gasteiger partial charge on any atom is -0.389 e.